The quantitative estimate of drug-likeness (QED) is 0.437. The van der Waals surface area contributed by atoms with Crippen LogP contribution in [0.5, 0.6) is 0 Å². The maximum absolute atomic E-state index is 11.6. The molecular weight excluding hydrogens is 334 g/mol. The van der Waals surface area contributed by atoms with Crippen LogP contribution in [0.25, 0.3) is 0 Å². The summed E-state index contributed by atoms with van der Waals surface area (Å²) in [6.07, 6.45) is 2.89. The van der Waals surface area contributed by atoms with E-state index in [4.69, 9.17) is 9.68 Å². The van der Waals surface area contributed by atoms with E-state index in [1.54, 1.807) is 0 Å². The molecule has 134 valence electrons. The van der Waals surface area contributed by atoms with Crippen molar-refractivity contribution < 1.29 is 24.1 Å². The molecule has 1 unspecified atom stereocenters. The van der Waals surface area contributed by atoms with E-state index in [1.807, 2.05) is 24.6 Å². The van der Waals surface area contributed by atoms with Crippen molar-refractivity contribution in [3.8, 4) is 0 Å². The largest absolute Gasteiger partial charge is 0.368 e. The highest BCUT2D eigenvalue weighted by Crippen LogP contribution is 2.40. The van der Waals surface area contributed by atoms with E-state index < -0.39 is 26.9 Å². The summed E-state index contributed by atoms with van der Waals surface area (Å²) in [5.74, 6) is -0.793. The van der Waals surface area contributed by atoms with Crippen molar-refractivity contribution in [1.82, 2.24) is 5.48 Å². The fourth-order valence-electron chi connectivity index (χ4n) is 3.32. The number of ether oxygens (including phenoxy) is 1. The van der Waals surface area contributed by atoms with E-state index in [9.17, 15) is 20.2 Å². The maximum atomic E-state index is 11.6. The van der Waals surface area contributed by atoms with E-state index in [1.165, 1.54) is 0 Å². The number of nitrogens with one attached hydrogen (secondary N) is 1. The fraction of sp³-hybridized carbons (Fsp3) is 0.571. The molecule has 0 spiro atoms. The molecule has 0 saturated carbocycles. The number of fused-ring (bicyclic) bond motifs is 1. The Morgan fingerprint density at radius 2 is 2.00 bits per heavy atom. The number of hydrogen-bond acceptors (Lipinski definition) is 8. The highest BCUT2D eigenvalue weighted by Gasteiger charge is 2.52. The number of morpholine rings is 1. The van der Waals surface area contributed by atoms with Crippen LogP contribution in [0.2, 0.25) is 0 Å². The van der Waals surface area contributed by atoms with Gasteiger partial charge in [-0.15, -0.1) is 0 Å². The molecule has 11 nitrogen and oxygen atoms in total. The first-order valence-electron chi connectivity index (χ1n) is 7.74. The molecule has 0 aromatic rings. The van der Waals surface area contributed by atoms with Gasteiger partial charge in [0.15, 0.2) is 18.8 Å². The molecule has 0 aromatic carbocycles. The summed E-state index contributed by atoms with van der Waals surface area (Å²) in [4.78, 5) is 26.3. The second kappa shape index (κ2) is 6.24. The van der Waals surface area contributed by atoms with Crippen LogP contribution in [-0.4, -0.2) is 52.7 Å². The van der Waals surface area contributed by atoms with Crippen LogP contribution in [0.4, 0.5) is 0 Å². The van der Waals surface area contributed by atoms with Crippen LogP contribution >= 0.6 is 0 Å². The third kappa shape index (κ3) is 3.09. The molecule has 1 atom stereocenters. The summed E-state index contributed by atoms with van der Waals surface area (Å²) in [5.41, 5.74) is 1.16. The minimum absolute atomic E-state index is 0.0593. The van der Waals surface area contributed by atoms with Crippen LogP contribution in [0, 0.1) is 31.6 Å². The third-order valence-corrected chi connectivity index (χ3v) is 4.37. The zero-order valence-corrected chi connectivity index (χ0v) is 13.8. The van der Waals surface area contributed by atoms with Crippen molar-refractivity contribution in [2.75, 3.05) is 26.3 Å². The molecule has 11 heteroatoms. The van der Waals surface area contributed by atoms with Crippen molar-refractivity contribution in [3.63, 3.8) is 0 Å². The second-order valence-corrected chi connectivity index (χ2v) is 6.55. The Kier molecular flexibility index (Phi) is 4.25. The molecule has 1 fully saturated rings. The zero-order chi connectivity index (χ0) is 18.2. The predicted molar refractivity (Wildman–Crippen MR) is 84.9 cm³/mol. The smallest absolute Gasteiger partial charge is 0.304 e. The van der Waals surface area contributed by atoms with E-state index in [0.29, 0.717) is 26.3 Å². The van der Waals surface area contributed by atoms with Crippen LogP contribution in [0.1, 0.15) is 13.8 Å². The molecule has 3 aliphatic rings. The molecule has 0 radical (unpaired) electrons. The first kappa shape index (κ1) is 17.0. The molecule has 0 amide bonds. The lowest BCUT2D eigenvalue weighted by Gasteiger charge is -2.28. The van der Waals surface area contributed by atoms with Gasteiger partial charge < -0.3 is 4.74 Å². The summed E-state index contributed by atoms with van der Waals surface area (Å²) >= 11 is 0. The first-order valence-corrected chi connectivity index (χ1v) is 7.74. The average Bonchev–Trinajstić information content (AvgIpc) is 3.02. The SMILES string of the molecule is CC(C)(C=[N+]1CCOCC1)C1C([N+](=O)[O-])=CC([N+](=O)[O-])=C2NON=C21. The molecule has 0 aromatic heterocycles. The van der Waals surface area contributed by atoms with Crippen LogP contribution in [0.15, 0.2) is 28.3 Å². The molecular formula is C14H18N5O6+. The van der Waals surface area contributed by atoms with Gasteiger partial charge in [0.2, 0.25) is 0 Å². The van der Waals surface area contributed by atoms with E-state index in [-0.39, 0.29) is 17.1 Å². The van der Waals surface area contributed by atoms with E-state index in [0.717, 1.165) is 6.08 Å². The van der Waals surface area contributed by atoms with Gasteiger partial charge in [-0.25, -0.2) is 4.58 Å². The number of allylic oxidation sites excluding steroid dienone is 3. The molecule has 3 rings (SSSR count). The maximum Gasteiger partial charge on any atom is 0.304 e. The van der Waals surface area contributed by atoms with Crippen molar-refractivity contribution in [2.24, 2.45) is 16.5 Å². The van der Waals surface area contributed by atoms with Crippen molar-refractivity contribution in [2.45, 2.75) is 13.8 Å². The predicted octanol–water partition coefficient (Wildman–Crippen LogP) is 0.296. The third-order valence-electron chi connectivity index (χ3n) is 4.37. The summed E-state index contributed by atoms with van der Waals surface area (Å²) in [6, 6.07) is 0. The number of hydroxylamine groups is 1. The molecule has 25 heavy (non-hydrogen) atoms. The van der Waals surface area contributed by atoms with Gasteiger partial charge in [-0.1, -0.05) is 5.16 Å². The second-order valence-electron chi connectivity index (χ2n) is 6.55. The Morgan fingerprint density at radius 1 is 1.32 bits per heavy atom. The van der Waals surface area contributed by atoms with Crippen LogP contribution in [-0.2, 0) is 9.68 Å². The van der Waals surface area contributed by atoms with E-state index in [2.05, 4.69) is 10.6 Å². The minimum atomic E-state index is -0.793. The Balaban J connectivity index is 2.06. The Bertz CT molecular complexity index is 743. The zero-order valence-electron chi connectivity index (χ0n) is 13.8. The number of nitro groups is 2. The lowest BCUT2D eigenvalue weighted by atomic mass is 9.72. The summed E-state index contributed by atoms with van der Waals surface area (Å²) < 4.78 is 7.35. The van der Waals surface area contributed by atoms with Gasteiger partial charge in [0.25, 0.3) is 5.70 Å². The van der Waals surface area contributed by atoms with Gasteiger partial charge in [0.1, 0.15) is 31.1 Å². The molecule has 2 heterocycles. The summed E-state index contributed by atoms with van der Waals surface area (Å²) in [5, 5.41) is 26.6. The van der Waals surface area contributed by atoms with Gasteiger partial charge >= 0.3 is 5.70 Å². The number of oxime groups is 1. The number of rotatable bonds is 4. The standard InChI is InChI=1S/C14H18N5O6/c1-14(2,8-17-3-5-24-6-4-17)11-9(18(20)21)7-10(19(22)23)12-13(11)16-25-15-12/h7-8,11,15H,3-6H2,1-2H3/q+1. The lowest BCUT2D eigenvalue weighted by Crippen LogP contribution is -2.43. The van der Waals surface area contributed by atoms with Crippen molar-refractivity contribution in [1.29, 1.82) is 0 Å². The fourth-order valence-corrected chi connectivity index (χ4v) is 3.32. The number of hydrogen-bond donors (Lipinski definition) is 1. The molecule has 2 aliphatic heterocycles. The highest BCUT2D eigenvalue weighted by atomic mass is 16.8. The molecule has 1 aliphatic carbocycles. The topological polar surface area (TPSA) is 132 Å². The van der Waals surface area contributed by atoms with E-state index >= 15 is 0 Å². The Labute approximate surface area is 142 Å². The minimum Gasteiger partial charge on any atom is -0.368 e. The Hall–Kier alpha value is -2.82. The van der Waals surface area contributed by atoms with Crippen LogP contribution < -0.4 is 5.48 Å². The van der Waals surface area contributed by atoms with Crippen molar-refractivity contribution >= 4 is 11.9 Å². The van der Waals surface area contributed by atoms with Gasteiger partial charge in [-0.3, -0.25) is 25.2 Å². The van der Waals surface area contributed by atoms with Gasteiger partial charge in [-0.2, -0.15) is 5.48 Å². The molecule has 0 bridgehead atoms. The first-order chi connectivity index (χ1) is 11.8. The van der Waals surface area contributed by atoms with Crippen LogP contribution in [0.3, 0.4) is 0 Å². The van der Waals surface area contributed by atoms with Crippen molar-refractivity contribution in [3.05, 3.63) is 43.4 Å². The Morgan fingerprint density at radius 3 is 2.60 bits per heavy atom. The number of nitrogens with zero attached hydrogens (tertiary/aromatic N) is 4. The monoisotopic (exact) mass is 352 g/mol. The lowest BCUT2D eigenvalue weighted by molar-refractivity contribution is -0.548. The van der Waals surface area contributed by atoms with Gasteiger partial charge in [0.05, 0.1) is 21.3 Å². The average molecular weight is 352 g/mol. The highest BCUT2D eigenvalue weighted by molar-refractivity contribution is 6.06. The normalized spacial score (nSPS) is 23.1. The van der Waals surface area contributed by atoms with Gasteiger partial charge in [-0.05, 0) is 13.8 Å². The molecule has 1 N–H and O–H groups in total. The molecule has 1 saturated heterocycles. The summed E-state index contributed by atoms with van der Waals surface area (Å²) in [7, 11) is 0. The van der Waals surface area contributed by atoms with Gasteiger partial charge in [0, 0.05) is 0 Å². The summed E-state index contributed by atoms with van der Waals surface area (Å²) in [6.45, 7) is 6.18.